The van der Waals surface area contributed by atoms with E-state index in [1.165, 1.54) is 5.56 Å². The van der Waals surface area contributed by atoms with Crippen molar-refractivity contribution in [2.24, 2.45) is 0 Å². The number of benzene rings is 2. The lowest BCUT2D eigenvalue weighted by Gasteiger charge is -2.29. The van der Waals surface area contributed by atoms with Crippen LogP contribution in [0.2, 0.25) is 0 Å². The van der Waals surface area contributed by atoms with E-state index in [4.69, 9.17) is 9.47 Å². The number of carbonyl (C=O) groups excluding carboxylic acids is 2. The fraction of sp³-hybridized carbons (Fsp3) is 0.429. The Morgan fingerprint density at radius 3 is 2.29 bits per heavy atom. The SMILES string of the molecule is COc1ccc(C(O)=C2C(=O)C(=O)N(CCCN3CCOCC3)C2c2ccc(C(C)C)cc2)cc1. The van der Waals surface area contributed by atoms with Crippen molar-refractivity contribution in [1.82, 2.24) is 9.80 Å². The zero-order valence-corrected chi connectivity index (χ0v) is 20.7. The molecule has 0 aromatic heterocycles. The van der Waals surface area contributed by atoms with Crippen LogP contribution in [0.3, 0.4) is 0 Å². The quantitative estimate of drug-likeness (QED) is 0.352. The molecule has 186 valence electrons. The molecule has 7 nitrogen and oxygen atoms in total. The molecule has 2 heterocycles. The lowest BCUT2D eigenvalue weighted by Crippen LogP contribution is -2.38. The molecule has 2 saturated heterocycles. The van der Waals surface area contributed by atoms with Crippen LogP contribution in [0.1, 0.15) is 48.9 Å². The van der Waals surface area contributed by atoms with E-state index >= 15 is 0 Å². The first-order valence-electron chi connectivity index (χ1n) is 12.2. The minimum Gasteiger partial charge on any atom is -0.507 e. The molecule has 1 atom stereocenters. The van der Waals surface area contributed by atoms with Gasteiger partial charge in [-0.2, -0.15) is 0 Å². The number of hydrogen-bond donors (Lipinski definition) is 1. The van der Waals surface area contributed by atoms with Gasteiger partial charge in [-0.05, 0) is 47.7 Å². The zero-order valence-electron chi connectivity index (χ0n) is 20.7. The number of nitrogens with zero attached hydrogens (tertiary/aromatic N) is 2. The third-order valence-electron chi connectivity index (χ3n) is 6.80. The molecule has 2 aromatic rings. The van der Waals surface area contributed by atoms with E-state index in [1.54, 1.807) is 36.3 Å². The molecule has 2 fully saturated rings. The third-order valence-corrected chi connectivity index (χ3v) is 6.80. The molecule has 35 heavy (non-hydrogen) atoms. The predicted octanol–water partition coefficient (Wildman–Crippen LogP) is 3.96. The number of aliphatic hydroxyl groups is 1. The number of ketones is 1. The molecular weight excluding hydrogens is 444 g/mol. The minimum atomic E-state index is -0.650. The highest BCUT2D eigenvalue weighted by Crippen LogP contribution is 2.40. The highest BCUT2D eigenvalue weighted by molar-refractivity contribution is 6.46. The van der Waals surface area contributed by atoms with Crippen LogP contribution in [0.4, 0.5) is 0 Å². The Balaban J connectivity index is 1.67. The molecule has 0 saturated carbocycles. The summed E-state index contributed by atoms with van der Waals surface area (Å²) in [6, 6.07) is 14.2. The second-order valence-corrected chi connectivity index (χ2v) is 9.35. The molecule has 1 N–H and O–H groups in total. The first kappa shape index (κ1) is 24.9. The van der Waals surface area contributed by atoms with E-state index in [9.17, 15) is 14.7 Å². The maximum absolute atomic E-state index is 13.2. The van der Waals surface area contributed by atoms with Crippen molar-refractivity contribution >= 4 is 17.4 Å². The smallest absolute Gasteiger partial charge is 0.295 e. The normalized spacial score (nSPS) is 20.6. The second kappa shape index (κ2) is 11.1. The summed E-state index contributed by atoms with van der Waals surface area (Å²) in [5.74, 6) is -0.378. The molecule has 0 spiro atoms. The summed E-state index contributed by atoms with van der Waals surface area (Å²) in [7, 11) is 1.57. The summed E-state index contributed by atoms with van der Waals surface area (Å²) in [6.45, 7) is 8.67. The van der Waals surface area contributed by atoms with E-state index in [0.717, 1.165) is 31.6 Å². The van der Waals surface area contributed by atoms with Gasteiger partial charge in [0.1, 0.15) is 11.5 Å². The van der Waals surface area contributed by atoms with E-state index in [-0.39, 0.29) is 11.3 Å². The summed E-state index contributed by atoms with van der Waals surface area (Å²) in [5, 5.41) is 11.2. The monoisotopic (exact) mass is 478 g/mol. The van der Waals surface area contributed by atoms with Gasteiger partial charge in [-0.3, -0.25) is 14.5 Å². The molecule has 2 aliphatic rings. The topological polar surface area (TPSA) is 79.3 Å². The maximum atomic E-state index is 13.2. The summed E-state index contributed by atoms with van der Waals surface area (Å²) >= 11 is 0. The predicted molar refractivity (Wildman–Crippen MR) is 134 cm³/mol. The molecule has 1 unspecified atom stereocenters. The standard InChI is InChI=1S/C28H34N2O5/c1-19(2)20-5-7-21(8-6-20)25-24(26(31)22-9-11-23(34-3)12-10-22)27(32)28(33)30(25)14-4-13-29-15-17-35-18-16-29/h5-12,19,25,31H,4,13-18H2,1-3H3. The van der Waals surface area contributed by atoms with E-state index < -0.39 is 17.7 Å². The number of carbonyl (C=O) groups is 2. The molecule has 2 aliphatic heterocycles. The number of amides is 1. The minimum absolute atomic E-state index is 0.129. The van der Waals surface area contributed by atoms with Crippen LogP contribution in [0.25, 0.3) is 5.76 Å². The van der Waals surface area contributed by atoms with Gasteiger partial charge in [0, 0.05) is 31.7 Å². The highest BCUT2D eigenvalue weighted by atomic mass is 16.5. The first-order valence-corrected chi connectivity index (χ1v) is 12.2. The van der Waals surface area contributed by atoms with Crippen LogP contribution in [-0.2, 0) is 14.3 Å². The van der Waals surface area contributed by atoms with Crippen molar-refractivity contribution < 1.29 is 24.2 Å². The number of methoxy groups -OCH3 is 1. The van der Waals surface area contributed by atoms with Gasteiger partial charge in [0.25, 0.3) is 11.7 Å². The first-order chi connectivity index (χ1) is 16.9. The molecule has 0 radical (unpaired) electrons. The number of rotatable bonds is 8. The van der Waals surface area contributed by atoms with E-state index in [2.05, 4.69) is 18.7 Å². The van der Waals surface area contributed by atoms with E-state index in [0.29, 0.717) is 37.0 Å². The Morgan fingerprint density at radius 1 is 1.03 bits per heavy atom. The van der Waals surface area contributed by atoms with Gasteiger partial charge in [-0.15, -0.1) is 0 Å². The molecule has 0 aliphatic carbocycles. The van der Waals surface area contributed by atoms with Crippen molar-refractivity contribution in [3.8, 4) is 5.75 Å². The van der Waals surface area contributed by atoms with Gasteiger partial charge in [0.15, 0.2) is 0 Å². The van der Waals surface area contributed by atoms with Crippen molar-refractivity contribution in [2.75, 3.05) is 46.5 Å². The van der Waals surface area contributed by atoms with Crippen LogP contribution in [-0.4, -0.2) is 73.1 Å². The largest absolute Gasteiger partial charge is 0.507 e. The van der Waals surface area contributed by atoms with Gasteiger partial charge in [0.05, 0.1) is 31.9 Å². The molecule has 4 rings (SSSR count). The number of hydrogen-bond acceptors (Lipinski definition) is 6. The Kier molecular flexibility index (Phi) is 7.88. The Bertz CT molecular complexity index is 1070. The average molecular weight is 479 g/mol. The van der Waals surface area contributed by atoms with Gasteiger partial charge >= 0.3 is 0 Å². The molecule has 2 aromatic carbocycles. The Hall–Kier alpha value is -3.16. The van der Waals surface area contributed by atoms with Crippen LogP contribution >= 0.6 is 0 Å². The maximum Gasteiger partial charge on any atom is 0.295 e. The fourth-order valence-corrected chi connectivity index (χ4v) is 4.71. The Labute approximate surface area is 206 Å². The van der Waals surface area contributed by atoms with Gasteiger partial charge in [0.2, 0.25) is 0 Å². The van der Waals surface area contributed by atoms with Crippen molar-refractivity contribution in [2.45, 2.75) is 32.2 Å². The molecule has 1 amide bonds. The summed E-state index contributed by atoms with van der Waals surface area (Å²) < 4.78 is 10.6. The van der Waals surface area contributed by atoms with E-state index in [1.807, 2.05) is 24.3 Å². The lowest BCUT2D eigenvalue weighted by molar-refractivity contribution is -0.140. The van der Waals surface area contributed by atoms with Crippen molar-refractivity contribution in [3.63, 3.8) is 0 Å². The van der Waals surface area contributed by atoms with Crippen molar-refractivity contribution in [3.05, 3.63) is 70.8 Å². The summed E-state index contributed by atoms with van der Waals surface area (Å²) in [5.41, 5.74) is 2.59. The molecular formula is C28H34N2O5. The number of ether oxygens (including phenoxy) is 2. The van der Waals surface area contributed by atoms with Crippen LogP contribution in [0.15, 0.2) is 54.1 Å². The van der Waals surface area contributed by atoms with Crippen LogP contribution < -0.4 is 4.74 Å². The third kappa shape index (κ3) is 5.41. The second-order valence-electron chi connectivity index (χ2n) is 9.35. The van der Waals surface area contributed by atoms with Crippen molar-refractivity contribution in [1.29, 1.82) is 0 Å². The van der Waals surface area contributed by atoms with Gasteiger partial charge in [-0.25, -0.2) is 0 Å². The van der Waals surface area contributed by atoms with Gasteiger partial charge < -0.3 is 19.5 Å². The van der Waals surface area contributed by atoms with Crippen LogP contribution in [0.5, 0.6) is 5.75 Å². The number of morpholine rings is 1. The number of aliphatic hydroxyl groups excluding tert-OH is 1. The molecule has 7 heteroatoms. The molecule has 0 bridgehead atoms. The number of likely N-dealkylation sites (tertiary alicyclic amines) is 1. The Morgan fingerprint density at radius 2 is 1.69 bits per heavy atom. The highest BCUT2D eigenvalue weighted by Gasteiger charge is 2.45. The fourth-order valence-electron chi connectivity index (χ4n) is 4.71. The van der Waals surface area contributed by atoms with Crippen LogP contribution in [0, 0.1) is 0 Å². The average Bonchev–Trinajstić information content (AvgIpc) is 3.14. The summed E-state index contributed by atoms with van der Waals surface area (Å²) in [6.07, 6.45) is 0.732. The number of Topliss-reactive ketones (excluding diaryl/α,β-unsaturated/α-hetero) is 1. The van der Waals surface area contributed by atoms with Gasteiger partial charge in [-0.1, -0.05) is 38.1 Å². The zero-order chi connectivity index (χ0) is 24.9. The lowest BCUT2D eigenvalue weighted by atomic mass is 9.93. The summed E-state index contributed by atoms with van der Waals surface area (Å²) in [4.78, 5) is 30.3.